The van der Waals surface area contributed by atoms with Crippen LogP contribution in [0.25, 0.3) is 0 Å². The van der Waals surface area contributed by atoms with Crippen LogP contribution in [-0.4, -0.2) is 9.55 Å². The third-order valence-corrected chi connectivity index (χ3v) is 4.31. The molecule has 0 amide bonds. The number of aromatic nitrogens is 2. The zero-order valence-electron chi connectivity index (χ0n) is 8.29. The second kappa shape index (κ2) is 4.63. The predicted molar refractivity (Wildman–Crippen MR) is 70.1 cm³/mol. The van der Waals surface area contributed by atoms with Crippen molar-refractivity contribution in [1.29, 1.82) is 0 Å². The molecule has 0 unspecified atom stereocenters. The summed E-state index contributed by atoms with van der Waals surface area (Å²) in [4.78, 5) is 4.43. The van der Waals surface area contributed by atoms with Gasteiger partial charge in [-0.2, -0.15) is 0 Å². The molecule has 0 bridgehead atoms. The largest absolute Gasteiger partial charge is 0.337 e. The molecule has 2 rings (SSSR count). The fourth-order valence-corrected chi connectivity index (χ4v) is 3.23. The Morgan fingerprint density at radius 2 is 2.33 bits per heavy atom. The molecule has 15 heavy (non-hydrogen) atoms. The molecule has 80 valence electrons. The molecule has 0 aliphatic heterocycles. The number of aryl methyl sites for hydroxylation is 2. The van der Waals surface area contributed by atoms with E-state index in [1.54, 1.807) is 11.3 Å². The molecule has 2 heterocycles. The van der Waals surface area contributed by atoms with E-state index in [4.69, 9.17) is 12.2 Å². The van der Waals surface area contributed by atoms with Crippen molar-refractivity contribution in [3.05, 3.63) is 37.5 Å². The first kappa shape index (κ1) is 11.1. The van der Waals surface area contributed by atoms with Gasteiger partial charge in [0.15, 0.2) is 4.77 Å². The molecule has 0 spiro atoms. The summed E-state index contributed by atoms with van der Waals surface area (Å²) >= 11 is 10.4. The average Bonchev–Trinajstić information content (AvgIpc) is 2.73. The minimum absolute atomic E-state index is 0.808. The third kappa shape index (κ3) is 2.59. The summed E-state index contributed by atoms with van der Waals surface area (Å²) in [5, 5.41) is 0. The van der Waals surface area contributed by atoms with Gasteiger partial charge in [-0.25, -0.2) is 0 Å². The number of H-pyrrole nitrogens is 1. The Morgan fingerprint density at radius 1 is 1.53 bits per heavy atom. The van der Waals surface area contributed by atoms with Gasteiger partial charge in [0, 0.05) is 23.3 Å². The Hall–Kier alpha value is -0.390. The number of halogens is 1. The lowest BCUT2D eigenvalue weighted by atomic mass is 10.3. The maximum absolute atomic E-state index is 5.19. The van der Waals surface area contributed by atoms with E-state index in [1.807, 2.05) is 6.20 Å². The molecule has 0 fully saturated rings. The normalized spacial score (nSPS) is 10.8. The molecule has 0 radical (unpaired) electrons. The standard InChI is InChI=1S/C10H11BrN2S2/c1-7-6-12-10(14)13(7)5-4-8-2-3-9(11)15-8/h2-3,6H,4-5H2,1H3,(H,12,14). The van der Waals surface area contributed by atoms with Gasteiger partial charge in [-0.05, 0) is 53.6 Å². The van der Waals surface area contributed by atoms with Crippen molar-refractivity contribution in [2.75, 3.05) is 0 Å². The molecule has 2 aromatic heterocycles. The molecule has 2 nitrogen and oxygen atoms in total. The van der Waals surface area contributed by atoms with Gasteiger partial charge in [-0.15, -0.1) is 11.3 Å². The van der Waals surface area contributed by atoms with Gasteiger partial charge in [0.1, 0.15) is 0 Å². The van der Waals surface area contributed by atoms with Crippen LogP contribution in [0, 0.1) is 11.7 Å². The Labute approximate surface area is 106 Å². The average molecular weight is 303 g/mol. The molecule has 0 aliphatic rings. The number of hydrogen-bond acceptors (Lipinski definition) is 2. The van der Waals surface area contributed by atoms with Crippen LogP contribution < -0.4 is 0 Å². The molecule has 5 heteroatoms. The van der Waals surface area contributed by atoms with E-state index in [0.717, 1.165) is 17.7 Å². The fraction of sp³-hybridized carbons (Fsp3) is 0.300. The second-order valence-electron chi connectivity index (χ2n) is 3.34. The predicted octanol–water partition coefficient (Wildman–Crippen LogP) is 3.92. The first-order chi connectivity index (χ1) is 7.16. The Balaban J connectivity index is 2.08. The van der Waals surface area contributed by atoms with Crippen molar-refractivity contribution < 1.29 is 0 Å². The molecule has 0 atom stereocenters. The van der Waals surface area contributed by atoms with Crippen molar-refractivity contribution in [2.45, 2.75) is 19.9 Å². The Kier molecular flexibility index (Phi) is 3.43. The first-order valence-corrected chi connectivity index (χ1v) is 6.67. The summed E-state index contributed by atoms with van der Waals surface area (Å²) in [5.74, 6) is 0. The number of nitrogens with one attached hydrogen (secondary N) is 1. The number of nitrogens with zero attached hydrogens (tertiary/aromatic N) is 1. The van der Waals surface area contributed by atoms with Crippen LogP contribution in [0.4, 0.5) is 0 Å². The fourth-order valence-electron chi connectivity index (χ4n) is 1.47. The second-order valence-corrected chi connectivity index (χ2v) is 6.28. The van der Waals surface area contributed by atoms with Gasteiger partial charge in [0.2, 0.25) is 0 Å². The minimum Gasteiger partial charge on any atom is -0.337 e. The summed E-state index contributed by atoms with van der Waals surface area (Å²) in [7, 11) is 0. The molecule has 0 aliphatic carbocycles. The highest BCUT2D eigenvalue weighted by Crippen LogP contribution is 2.22. The van der Waals surface area contributed by atoms with E-state index in [-0.39, 0.29) is 0 Å². The lowest BCUT2D eigenvalue weighted by molar-refractivity contribution is 0.674. The van der Waals surface area contributed by atoms with Gasteiger partial charge in [0.25, 0.3) is 0 Å². The molecular weight excluding hydrogens is 292 g/mol. The van der Waals surface area contributed by atoms with E-state index in [0.29, 0.717) is 0 Å². The SMILES string of the molecule is Cc1c[nH]c(=S)n1CCc1ccc(Br)s1. The summed E-state index contributed by atoms with van der Waals surface area (Å²) in [5.41, 5.74) is 1.19. The number of imidazole rings is 1. The van der Waals surface area contributed by atoms with Gasteiger partial charge in [0.05, 0.1) is 3.79 Å². The van der Waals surface area contributed by atoms with Gasteiger partial charge in [-0.3, -0.25) is 0 Å². The lowest BCUT2D eigenvalue weighted by Crippen LogP contribution is -2.02. The van der Waals surface area contributed by atoms with Crippen LogP contribution >= 0.6 is 39.5 Å². The maximum atomic E-state index is 5.19. The van der Waals surface area contributed by atoms with Gasteiger partial charge in [-0.1, -0.05) is 0 Å². The number of hydrogen-bond donors (Lipinski definition) is 1. The Morgan fingerprint density at radius 3 is 2.87 bits per heavy atom. The van der Waals surface area contributed by atoms with Crippen molar-refractivity contribution in [3.63, 3.8) is 0 Å². The highest BCUT2D eigenvalue weighted by atomic mass is 79.9. The monoisotopic (exact) mass is 302 g/mol. The molecule has 0 saturated heterocycles. The quantitative estimate of drug-likeness (QED) is 0.852. The van der Waals surface area contributed by atoms with E-state index >= 15 is 0 Å². The molecule has 2 aromatic rings. The van der Waals surface area contributed by atoms with Gasteiger partial charge >= 0.3 is 0 Å². The van der Waals surface area contributed by atoms with Crippen LogP contribution in [0.3, 0.4) is 0 Å². The summed E-state index contributed by atoms with van der Waals surface area (Å²) in [6.07, 6.45) is 2.98. The van der Waals surface area contributed by atoms with Crippen molar-refractivity contribution >= 4 is 39.5 Å². The van der Waals surface area contributed by atoms with Crippen molar-refractivity contribution in [2.24, 2.45) is 0 Å². The molecule has 0 saturated carbocycles. The maximum Gasteiger partial charge on any atom is 0.177 e. The van der Waals surface area contributed by atoms with Crippen LogP contribution in [0.1, 0.15) is 10.6 Å². The smallest absolute Gasteiger partial charge is 0.177 e. The number of thiophene rings is 1. The van der Waals surface area contributed by atoms with Crippen molar-refractivity contribution in [3.8, 4) is 0 Å². The number of rotatable bonds is 3. The minimum atomic E-state index is 0.808. The highest BCUT2D eigenvalue weighted by molar-refractivity contribution is 9.11. The topological polar surface area (TPSA) is 20.7 Å². The molecule has 1 N–H and O–H groups in total. The van der Waals surface area contributed by atoms with Crippen LogP contribution in [-0.2, 0) is 13.0 Å². The van der Waals surface area contributed by atoms with E-state index in [9.17, 15) is 0 Å². The summed E-state index contributed by atoms with van der Waals surface area (Å²) < 4.78 is 4.12. The summed E-state index contributed by atoms with van der Waals surface area (Å²) in [6.45, 7) is 3.01. The van der Waals surface area contributed by atoms with Gasteiger partial charge < -0.3 is 9.55 Å². The van der Waals surface area contributed by atoms with Crippen LogP contribution in [0.5, 0.6) is 0 Å². The zero-order valence-corrected chi connectivity index (χ0v) is 11.5. The van der Waals surface area contributed by atoms with E-state index in [1.165, 1.54) is 14.4 Å². The van der Waals surface area contributed by atoms with E-state index < -0.39 is 0 Å². The number of aromatic amines is 1. The van der Waals surface area contributed by atoms with E-state index in [2.05, 4.69) is 44.5 Å². The molecule has 0 aromatic carbocycles. The van der Waals surface area contributed by atoms with Crippen molar-refractivity contribution in [1.82, 2.24) is 9.55 Å². The third-order valence-electron chi connectivity index (χ3n) is 2.29. The summed E-state index contributed by atoms with van der Waals surface area (Å²) in [6, 6.07) is 4.24. The lowest BCUT2D eigenvalue weighted by Gasteiger charge is -2.03. The molecular formula is C10H11BrN2S2. The zero-order chi connectivity index (χ0) is 10.8. The van der Waals surface area contributed by atoms with Crippen LogP contribution in [0.2, 0.25) is 0 Å². The first-order valence-electron chi connectivity index (χ1n) is 4.66. The van der Waals surface area contributed by atoms with Crippen LogP contribution in [0.15, 0.2) is 22.1 Å². The Bertz CT molecular complexity index is 509. The highest BCUT2D eigenvalue weighted by Gasteiger charge is 2.01.